The first kappa shape index (κ1) is 29.9. The number of ether oxygens (including phenoxy) is 1. The van der Waals surface area contributed by atoms with Gasteiger partial charge in [0.1, 0.15) is 5.75 Å². The van der Waals surface area contributed by atoms with Crippen molar-refractivity contribution in [2.24, 2.45) is 5.16 Å². The SMILES string of the molecule is COc1cc(C=C2CCCN3CC(CO[Si](c4ccccc4)(c4ccccc4)C(C)(C)C)ON=C23)ccc1-n1cnc(C)c1. The Morgan fingerprint density at radius 1 is 1.00 bits per heavy atom. The van der Waals surface area contributed by atoms with Crippen LogP contribution in [-0.2, 0) is 9.26 Å². The third-order valence-corrected chi connectivity index (χ3v) is 13.6. The van der Waals surface area contributed by atoms with Crippen LogP contribution in [0.15, 0.2) is 102 Å². The smallest absolute Gasteiger partial charge is 0.261 e. The molecule has 0 N–H and O–H groups in total. The Morgan fingerprint density at radius 3 is 2.32 bits per heavy atom. The number of amidine groups is 1. The molecule has 228 valence electrons. The molecule has 2 aliphatic rings. The van der Waals surface area contributed by atoms with E-state index in [4.69, 9.17) is 19.2 Å². The number of imidazole rings is 1. The molecule has 1 saturated heterocycles. The summed E-state index contributed by atoms with van der Waals surface area (Å²) >= 11 is 0. The molecule has 2 aliphatic heterocycles. The van der Waals surface area contributed by atoms with E-state index in [2.05, 4.69) is 116 Å². The van der Waals surface area contributed by atoms with Crippen molar-refractivity contribution in [3.8, 4) is 11.4 Å². The number of oxime groups is 1. The van der Waals surface area contributed by atoms with E-state index in [0.29, 0.717) is 6.61 Å². The van der Waals surface area contributed by atoms with Gasteiger partial charge in [-0.3, -0.25) is 0 Å². The summed E-state index contributed by atoms with van der Waals surface area (Å²) in [5, 5.41) is 7.15. The number of methoxy groups -OCH3 is 1. The Labute approximate surface area is 261 Å². The van der Waals surface area contributed by atoms with Crippen molar-refractivity contribution in [3.05, 3.63) is 108 Å². The molecular formula is C36H42N4O3Si. The number of piperidine rings is 1. The van der Waals surface area contributed by atoms with E-state index in [1.54, 1.807) is 7.11 Å². The summed E-state index contributed by atoms with van der Waals surface area (Å²) < 4.78 is 14.9. The fraction of sp³-hybridized carbons (Fsp3) is 0.333. The average molecular weight is 607 g/mol. The quantitative estimate of drug-likeness (QED) is 0.232. The molecule has 0 radical (unpaired) electrons. The molecule has 1 aromatic heterocycles. The maximum absolute atomic E-state index is 7.17. The molecule has 4 aromatic rings. The molecule has 1 atom stereocenters. The minimum Gasteiger partial charge on any atom is -0.495 e. The van der Waals surface area contributed by atoms with Crippen LogP contribution in [0.25, 0.3) is 11.8 Å². The lowest BCUT2D eigenvalue weighted by molar-refractivity contribution is -0.00999. The average Bonchev–Trinajstić information content (AvgIpc) is 3.47. The highest BCUT2D eigenvalue weighted by Crippen LogP contribution is 2.37. The van der Waals surface area contributed by atoms with Crippen LogP contribution in [0.2, 0.25) is 5.04 Å². The Hall–Kier alpha value is -4.14. The van der Waals surface area contributed by atoms with Gasteiger partial charge in [0, 0.05) is 12.7 Å². The highest BCUT2D eigenvalue weighted by atomic mass is 28.4. The highest BCUT2D eigenvalue weighted by molar-refractivity contribution is 6.99. The van der Waals surface area contributed by atoms with Gasteiger partial charge in [-0.05, 0) is 64.5 Å². The number of nitrogens with zero attached hydrogens (tertiary/aromatic N) is 4. The van der Waals surface area contributed by atoms with Gasteiger partial charge in [0.2, 0.25) is 0 Å². The van der Waals surface area contributed by atoms with Crippen LogP contribution >= 0.6 is 0 Å². The summed E-state index contributed by atoms with van der Waals surface area (Å²) in [6, 6.07) is 27.8. The molecular weight excluding hydrogens is 565 g/mol. The maximum atomic E-state index is 7.17. The van der Waals surface area contributed by atoms with E-state index < -0.39 is 8.32 Å². The lowest BCUT2D eigenvalue weighted by Crippen LogP contribution is -2.67. The van der Waals surface area contributed by atoms with Crippen LogP contribution in [0.5, 0.6) is 5.75 Å². The molecule has 44 heavy (non-hydrogen) atoms. The summed E-state index contributed by atoms with van der Waals surface area (Å²) in [5.74, 6) is 1.72. The number of aromatic nitrogens is 2. The molecule has 0 spiro atoms. The van der Waals surface area contributed by atoms with E-state index in [1.165, 1.54) is 15.9 Å². The van der Waals surface area contributed by atoms with Crippen molar-refractivity contribution < 1.29 is 14.0 Å². The largest absolute Gasteiger partial charge is 0.495 e. The second-order valence-corrected chi connectivity index (χ2v) is 17.0. The first-order valence-electron chi connectivity index (χ1n) is 15.4. The number of fused-ring (bicyclic) bond motifs is 1. The van der Waals surface area contributed by atoms with Crippen LogP contribution in [-0.4, -0.2) is 61.5 Å². The second-order valence-electron chi connectivity index (χ2n) is 12.7. The fourth-order valence-electron chi connectivity index (χ4n) is 6.53. The van der Waals surface area contributed by atoms with Crippen LogP contribution in [0.3, 0.4) is 0 Å². The summed E-state index contributed by atoms with van der Waals surface area (Å²) in [7, 11) is -0.950. The van der Waals surface area contributed by atoms with E-state index in [-0.39, 0.29) is 11.1 Å². The van der Waals surface area contributed by atoms with E-state index in [0.717, 1.165) is 54.5 Å². The molecule has 0 amide bonds. The maximum Gasteiger partial charge on any atom is 0.261 e. The van der Waals surface area contributed by atoms with E-state index in [9.17, 15) is 0 Å². The van der Waals surface area contributed by atoms with Gasteiger partial charge >= 0.3 is 0 Å². The van der Waals surface area contributed by atoms with Crippen LogP contribution in [0.4, 0.5) is 0 Å². The van der Waals surface area contributed by atoms with Crippen LogP contribution in [0.1, 0.15) is 44.9 Å². The van der Waals surface area contributed by atoms with Crippen molar-refractivity contribution in [2.45, 2.75) is 51.7 Å². The van der Waals surface area contributed by atoms with Crippen molar-refractivity contribution in [1.29, 1.82) is 0 Å². The Bertz CT molecular complexity index is 1600. The van der Waals surface area contributed by atoms with E-state index in [1.807, 2.05) is 24.0 Å². The number of benzene rings is 3. The third-order valence-electron chi connectivity index (χ3n) is 8.61. The second kappa shape index (κ2) is 12.5. The molecule has 0 bridgehead atoms. The zero-order chi connectivity index (χ0) is 30.7. The first-order valence-corrected chi connectivity index (χ1v) is 17.3. The molecule has 0 aliphatic carbocycles. The van der Waals surface area contributed by atoms with Gasteiger partial charge in [0.05, 0.1) is 38.0 Å². The lowest BCUT2D eigenvalue weighted by Gasteiger charge is -2.44. The zero-order valence-electron chi connectivity index (χ0n) is 26.4. The molecule has 7 nitrogen and oxygen atoms in total. The van der Waals surface area contributed by atoms with Crippen molar-refractivity contribution in [1.82, 2.24) is 14.5 Å². The van der Waals surface area contributed by atoms with E-state index >= 15 is 0 Å². The minimum absolute atomic E-state index is 0.0901. The zero-order valence-corrected chi connectivity index (χ0v) is 27.4. The van der Waals surface area contributed by atoms with Gasteiger partial charge in [0.25, 0.3) is 8.32 Å². The third kappa shape index (κ3) is 5.84. The van der Waals surface area contributed by atoms with Gasteiger partial charge in [0.15, 0.2) is 11.9 Å². The van der Waals surface area contributed by atoms with Gasteiger partial charge in [-0.25, -0.2) is 4.98 Å². The number of hydrogen-bond donors (Lipinski definition) is 0. The predicted molar refractivity (Wildman–Crippen MR) is 180 cm³/mol. The number of aryl methyl sites for hydroxylation is 1. The molecule has 1 fully saturated rings. The van der Waals surface area contributed by atoms with Crippen molar-refractivity contribution >= 4 is 30.6 Å². The summed E-state index contributed by atoms with van der Waals surface area (Å²) in [4.78, 5) is 12.9. The lowest BCUT2D eigenvalue weighted by atomic mass is 9.99. The topological polar surface area (TPSA) is 61.1 Å². The molecule has 3 heterocycles. The monoisotopic (exact) mass is 606 g/mol. The normalized spacial score (nSPS) is 18.0. The van der Waals surface area contributed by atoms with Gasteiger partial charge in [-0.15, -0.1) is 0 Å². The van der Waals surface area contributed by atoms with Gasteiger partial charge in [-0.2, -0.15) is 0 Å². The van der Waals surface area contributed by atoms with Gasteiger partial charge < -0.3 is 23.5 Å². The number of rotatable bonds is 8. The van der Waals surface area contributed by atoms with Crippen molar-refractivity contribution in [3.63, 3.8) is 0 Å². The highest BCUT2D eigenvalue weighted by Gasteiger charge is 2.50. The van der Waals surface area contributed by atoms with Crippen LogP contribution < -0.4 is 15.1 Å². The summed E-state index contributed by atoms with van der Waals surface area (Å²) in [6.07, 6.45) is 7.88. The molecule has 0 saturated carbocycles. The Kier molecular flexibility index (Phi) is 8.47. The standard InChI is InChI=1S/C36H42N4O3Si/c1-27-23-40(26-37-27)33-19-18-28(22-34(33)41-5)21-29-13-12-20-39-24-30(43-38-35(29)39)25-42-44(36(2,3)4,31-14-8-6-9-15-31)32-16-10-7-11-17-32/h6-11,14-19,21-23,26,30H,12-13,20,24-25H2,1-5H3. The Balaban J connectivity index is 1.24. The predicted octanol–water partition coefficient (Wildman–Crippen LogP) is 5.96. The van der Waals surface area contributed by atoms with Crippen molar-refractivity contribution in [2.75, 3.05) is 26.8 Å². The molecule has 1 unspecified atom stereocenters. The summed E-state index contributed by atoms with van der Waals surface area (Å²) in [5.41, 5.74) is 4.17. The first-order chi connectivity index (χ1) is 21.3. The Morgan fingerprint density at radius 2 is 1.70 bits per heavy atom. The van der Waals surface area contributed by atoms with Gasteiger partial charge in [-0.1, -0.05) is 92.7 Å². The fourth-order valence-corrected chi connectivity index (χ4v) is 11.1. The summed E-state index contributed by atoms with van der Waals surface area (Å²) in [6.45, 7) is 11.1. The molecule has 8 heteroatoms. The number of hydrogen-bond acceptors (Lipinski definition) is 6. The molecule has 3 aromatic carbocycles. The van der Waals surface area contributed by atoms with Crippen LogP contribution in [0, 0.1) is 6.92 Å². The minimum atomic E-state index is -2.65. The molecule has 6 rings (SSSR count).